The first kappa shape index (κ1) is 23.0. The van der Waals surface area contributed by atoms with E-state index < -0.39 is 17.9 Å². The highest BCUT2D eigenvalue weighted by Gasteiger charge is 2.18. The quantitative estimate of drug-likeness (QED) is 0.395. The van der Waals surface area contributed by atoms with Crippen LogP contribution in [-0.2, 0) is 0 Å². The summed E-state index contributed by atoms with van der Waals surface area (Å²) in [4.78, 5) is 33.1. The largest absolute Gasteiger partial charge is 0.478 e. The monoisotopic (exact) mass is 422 g/mol. The number of hydrogen-bond donors (Lipinski definition) is 5. The van der Waals surface area contributed by atoms with Crippen LogP contribution in [0.25, 0.3) is 11.1 Å². The van der Waals surface area contributed by atoms with Crippen molar-refractivity contribution in [1.29, 1.82) is 0 Å². The van der Waals surface area contributed by atoms with Gasteiger partial charge < -0.3 is 26.8 Å². The summed E-state index contributed by atoms with van der Waals surface area (Å²) in [5.74, 6) is -3.19. The van der Waals surface area contributed by atoms with Gasteiger partial charge in [-0.2, -0.15) is 0 Å². The SMILES string of the molecule is Cc1cc(N)cc(C(=O)O)c1.Cc1ccc(-c2ccc(N)cc2C(=O)O)c(C(=O)O)c1. The fourth-order valence-corrected chi connectivity index (χ4v) is 2.98. The Bertz CT molecular complexity index is 1090. The van der Waals surface area contributed by atoms with E-state index in [4.69, 9.17) is 16.6 Å². The first-order valence-electron chi connectivity index (χ1n) is 9.07. The van der Waals surface area contributed by atoms with Crippen molar-refractivity contribution >= 4 is 29.3 Å². The number of carboxylic acids is 3. The molecule has 0 amide bonds. The molecular weight excluding hydrogens is 400 g/mol. The molecule has 8 heteroatoms. The highest BCUT2D eigenvalue weighted by Crippen LogP contribution is 2.29. The fourth-order valence-electron chi connectivity index (χ4n) is 2.98. The van der Waals surface area contributed by atoms with Crippen molar-refractivity contribution in [2.24, 2.45) is 0 Å². The van der Waals surface area contributed by atoms with Gasteiger partial charge in [0.05, 0.1) is 16.7 Å². The molecule has 0 fully saturated rings. The molecule has 0 spiro atoms. The van der Waals surface area contributed by atoms with Gasteiger partial charge in [0, 0.05) is 11.4 Å². The Balaban J connectivity index is 0.000000262. The lowest BCUT2D eigenvalue weighted by molar-refractivity contribution is 0.0684. The second-order valence-corrected chi connectivity index (χ2v) is 6.90. The molecule has 8 nitrogen and oxygen atoms in total. The maximum atomic E-state index is 11.3. The Morgan fingerprint density at radius 2 is 1.16 bits per heavy atom. The van der Waals surface area contributed by atoms with Gasteiger partial charge in [0.25, 0.3) is 0 Å². The summed E-state index contributed by atoms with van der Waals surface area (Å²) in [6.07, 6.45) is 0. The fraction of sp³-hybridized carbons (Fsp3) is 0.0870. The molecule has 0 heterocycles. The Hall–Kier alpha value is -4.33. The molecule has 0 unspecified atom stereocenters. The number of carbonyl (C=O) groups is 3. The number of anilines is 2. The first-order chi connectivity index (χ1) is 14.5. The van der Waals surface area contributed by atoms with Gasteiger partial charge in [-0.15, -0.1) is 0 Å². The van der Waals surface area contributed by atoms with Crippen LogP contribution in [0.3, 0.4) is 0 Å². The van der Waals surface area contributed by atoms with Crippen LogP contribution in [-0.4, -0.2) is 33.2 Å². The van der Waals surface area contributed by atoms with Gasteiger partial charge >= 0.3 is 17.9 Å². The number of benzene rings is 3. The molecule has 0 aliphatic carbocycles. The molecule has 7 N–H and O–H groups in total. The number of hydrogen-bond acceptors (Lipinski definition) is 5. The van der Waals surface area contributed by atoms with Crippen LogP contribution < -0.4 is 11.5 Å². The zero-order chi connectivity index (χ0) is 23.3. The van der Waals surface area contributed by atoms with Crippen LogP contribution in [0.15, 0.2) is 54.6 Å². The molecule has 0 saturated carbocycles. The van der Waals surface area contributed by atoms with Crippen LogP contribution in [0.5, 0.6) is 0 Å². The van der Waals surface area contributed by atoms with Crippen molar-refractivity contribution in [3.05, 3.63) is 82.4 Å². The van der Waals surface area contributed by atoms with Crippen molar-refractivity contribution in [3.63, 3.8) is 0 Å². The normalized spacial score (nSPS) is 10.0. The number of rotatable bonds is 4. The van der Waals surface area contributed by atoms with Crippen LogP contribution in [0.1, 0.15) is 42.2 Å². The minimum absolute atomic E-state index is 0.0173. The Kier molecular flexibility index (Phi) is 6.99. The summed E-state index contributed by atoms with van der Waals surface area (Å²) >= 11 is 0. The maximum Gasteiger partial charge on any atom is 0.336 e. The van der Waals surface area contributed by atoms with E-state index >= 15 is 0 Å². The lowest BCUT2D eigenvalue weighted by Crippen LogP contribution is -2.05. The predicted molar refractivity (Wildman–Crippen MR) is 117 cm³/mol. The van der Waals surface area contributed by atoms with E-state index in [-0.39, 0.29) is 16.7 Å². The molecule has 3 aromatic carbocycles. The van der Waals surface area contributed by atoms with Gasteiger partial charge in [-0.25, -0.2) is 14.4 Å². The van der Waals surface area contributed by atoms with Crippen molar-refractivity contribution in [1.82, 2.24) is 0 Å². The molecular formula is C23H22N2O6. The smallest absolute Gasteiger partial charge is 0.336 e. The number of aromatic carboxylic acids is 3. The summed E-state index contributed by atoms with van der Waals surface area (Å²) < 4.78 is 0. The lowest BCUT2D eigenvalue weighted by atomic mass is 9.94. The third kappa shape index (κ3) is 5.83. The Morgan fingerprint density at radius 1 is 0.613 bits per heavy atom. The molecule has 0 atom stereocenters. The Morgan fingerprint density at radius 3 is 1.68 bits per heavy atom. The summed E-state index contributed by atoms with van der Waals surface area (Å²) in [5.41, 5.74) is 14.5. The Labute approximate surface area is 178 Å². The maximum absolute atomic E-state index is 11.3. The third-order valence-electron chi connectivity index (χ3n) is 4.32. The topological polar surface area (TPSA) is 164 Å². The zero-order valence-electron chi connectivity index (χ0n) is 16.9. The summed E-state index contributed by atoms with van der Waals surface area (Å²) in [7, 11) is 0. The van der Waals surface area contributed by atoms with E-state index in [0.29, 0.717) is 22.5 Å². The molecule has 0 aromatic heterocycles. The molecule has 0 radical (unpaired) electrons. The van der Waals surface area contributed by atoms with Crippen molar-refractivity contribution < 1.29 is 29.7 Å². The molecule has 3 rings (SSSR count). The van der Waals surface area contributed by atoms with Gasteiger partial charge in [0.1, 0.15) is 0 Å². The molecule has 0 aliphatic rings. The highest BCUT2D eigenvalue weighted by molar-refractivity contribution is 6.02. The van der Waals surface area contributed by atoms with E-state index in [1.807, 2.05) is 6.92 Å². The molecule has 3 aromatic rings. The molecule has 160 valence electrons. The van der Waals surface area contributed by atoms with E-state index in [9.17, 15) is 24.6 Å². The number of nitrogens with two attached hydrogens (primary N) is 2. The number of nitrogen functional groups attached to an aromatic ring is 2. The van der Waals surface area contributed by atoms with Crippen molar-refractivity contribution in [2.45, 2.75) is 13.8 Å². The van der Waals surface area contributed by atoms with Crippen LogP contribution in [0.2, 0.25) is 0 Å². The van der Waals surface area contributed by atoms with E-state index in [1.54, 1.807) is 37.3 Å². The number of carboxylic acid groups (broad SMARTS) is 3. The summed E-state index contributed by atoms with van der Waals surface area (Å²) in [6.45, 7) is 3.58. The minimum atomic E-state index is -1.15. The highest BCUT2D eigenvalue weighted by atomic mass is 16.4. The van der Waals surface area contributed by atoms with Gasteiger partial charge in [-0.3, -0.25) is 0 Å². The van der Waals surface area contributed by atoms with Gasteiger partial charge in [-0.05, 0) is 66.9 Å². The van der Waals surface area contributed by atoms with Crippen LogP contribution in [0, 0.1) is 13.8 Å². The minimum Gasteiger partial charge on any atom is -0.478 e. The van der Waals surface area contributed by atoms with Crippen LogP contribution >= 0.6 is 0 Å². The van der Waals surface area contributed by atoms with Gasteiger partial charge in [0.15, 0.2) is 0 Å². The molecule has 0 aliphatic heterocycles. The molecule has 31 heavy (non-hydrogen) atoms. The van der Waals surface area contributed by atoms with Gasteiger partial charge in [0.2, 0.25) is 0 Å². The summed E-state index contributed by atoms with van der Waals surface area (Å²) in [6, 6.07) is 14.0. The van der Waals surface area contributed by atoms with Crippen molar-refractivity contribution in [3.8, 4) is 11.1 Å². The average molecular weight is 422 g/mol. The predicted octanol–water partition coefficient (Wildman–Crippen LogP) is 3.92. The van der Waals surface area contributed by atoms with Crippen LogP contribution in [0.4, 0.5) is 11.4 Å². The molecule has 0 bridgehead atoms. The summed E-state index contributed by atoms with van der Waals surface area (Å²) in [5, 5.41) is 27.1. The number of aryl methyl sites for hydroxylation is 2. The molecule has 0 saturated heterocycles. The van der Waals surface area contributed by atoms with E-state index in [1.165, 1.54) is 24.3 Å². The lowest BCUT2D eigenvalue weighted by Gasteiger charge is -2.11. The van der Waals surface area contributed by atoms with Gasteiger partial charge in [-0.1, -0.05) is 23.8 Å². The first-order valence-corrected chi connectivity index (χ1v) is 9.07. The van der Waals surface area contributed by atoms with Crippen molar-refractivity contribution in [2.75, 3.05) is 11.5 Å². The second kappa shape index (κ2) is 9.45. The third-order valence-corrected chi connectivity index (χ3v) is 4.32. The zero-order valence-corrected chi connectivity index (χ0v) is 16.9. The second-order valence-electron chi connectivity index (χ2n) is 6.90. The standard InChI is InChI=1S/C15H13NO4.C8H9NO2/c1-8-2-4-10(12(6-8)14(17)18)11-5-3-9(16)7-13(11)15(19)20;1-5-2-6(8(10)11)4-7(9)3-5/h2-7H,16H2,1H3,(H,17,18)(H,19,20);2-4H,9H2,1H3,(H,10,11). The van der Waals surface area contributed by atoms with E-state index in [0.717, 1.165) is 11.1 Å². The van der Waals surface area contributed by atoms with E-state index in [2.05, 4.69) is 0 Å². The average Bonchev–Trinajstić information content (AvgIpc) is 2.67.